The van der Waals surface area contributed by atoms with E-state index in [9.17, 15) is 15.2 Å². The molecule has 3 rings (SSSR count). The SMILES string of the molecule is C=C/C(=C\C(=C)C#N)C1(O)N(c2ccc(C)cc2)C(=O)N(c2ccc(C#N)cc2)C1(C)C. The maximum atomic E-state index is 13.8. The third-order valence-electron chi connectivity index (χ3n) is 5.76. The number of allylic oxidation sites excluding steroid dienone is 2. The van der Waals surface area contributed by atoms with E-state index in [-0.39, 0.29) is 11.1 Å². The van der Waals surface area contributed by atoms with Crippen molar-refractivity contribution in [3.8, 4) is 12.1 Å². The molecule has 2 aromatic carbocycles. The molecule has 0 radical (unpaired) electrons. The van der Waals surface area contributed by atoms with Crippen molar-refractivity contribution < 1.29 is 9.90 Å². The minimum absolute atomic E-state index is 0.122. The first kappa shape index (κ1) is 22.6. The Morgan fingerprint density at radius 3 is 2.06 bits per heavy atom. The van der Waals surface area contributed by atoms with Gasteiger partial charge in [-0.25, -0.2) is 4.79 Å². The summed E-state index contributed by atoms with van der Waals surface area (Å²) in [7, 11) is 0. The summed E-state index contributed by atoms with van der Waals surface area (Å²) in [5.41, 5.74) is -0.216. The molecule has 0 saturated carbocycles. The largest absolute Gasteiger partial charge is 0.365 e. The monoisotopic (exact) mass is 424 g/mol. The van der Waals surface area contributed by atoms with Gasteiger partial charge in [-0.05, 0) is 63.2 Å². The summed E-state index contributed by atoms with van der Waals surface area (Å²) >= 11 is 0. The van der Waals surface area contributed by atoms with Crippen molar-refractivity contribution in [3.63, 3.8) is 0 Å². The number of aliphatic hydroxyl groups is 1. The lowest BCUT2D eigenvalue weighted by atomic mass is 9.82. The maximum absolute atomic E-state index is 13.8. The molecule has 1 fully saturated rings. The van der Waals surface area contributed by atoms with Crippen molar-refractivity contribution in [1.29, 1.82) is 10.5 Å². The number of amides is 2. The fourth-order valence-electron chi connectivity index (χ4n) is 4.02. The van der Waals surface area contributed by atoms with E-state index in [1.807, 2.05) is 25.1 Å². The lowest BCUT2D eigenvalue weighted by molar-refractivity contribution is 0.0413. The molecule has 1 saturated heterocycles. The van der Waals surface area contributed by atoms with Crippen molar-refractivity contribution in [1.82, 2.24) is 0 Å². The summed E-state index contributed by atoms with van der Waals surface area (Å²) < 4.78 is 0. The van der Waals surface area contributed by atoms with Gasteiger partial charge in [0, 0.05) is 22.5 Å². The molecule has 0 aliphatic carbocycles. The highest BCUT2D eigenvalue weighted by Gasteiger charge is 2.64. The number of urea groups is 1. The van der Waals surface area contributed by atoms with Crippen molar-refractivity contribution in [2.24, 2.45) is 0 Å². The highest BCUT2D eigenvalue weighted by atomic mass is 16.3. The van der Waals surface area contributed by atoms with Gasteiger partial charge in [0.25, 0.3) is 0 Å². The molecule has 6 heteroatoms. The molecule has 2 amide bonds. The van der Waals surface area contributed by atoms with E-state index < -0.39 is 17.3 Å². The Labute approximate surface area is 188 Å². The smallest absolute Gasteiger partial charge is 0.332 e. The van der Waals surface area contributed by atoms with Crippen LogP contribution in [0.4, 0.5) is 16.2 Å². The quantitative estimate of drug-likeness (QED) is 0.542. The highest BCUT2D eigenvalue weighted by Crippen LogP contribution is 2.49. The third-order valence-corrected chi connectivity index (χ3v) is 5.76. The van der Waals surface area contributed by atoms with Gasteiger partial charge in [0.1, 0.15) is 0 Å². The molecule has 1 aliphatic heterocycles. The van der Waals surface area contributed by atoms with Gasteiger partial charge in [-0.2, -0.15) is 10.5 Å². The second kappa shape index (κ2) is 8.19. The van der Waals surface area contributed by atoms with Crippen LogP contribution in [0, 0.1) is 29.6 Å². The molecule has 160 valence electrons. The molecular weight excluding hydrogens is 400 g/mol. The van der Waals surface area contributed by atoms with Gasteiger partial charge in [0.05, 0.1) is 23.2 Å². The van der Waals surface area contributed by atoms with Gasteiger partial charge in [-0.15, -0.1) is 0 Å². The number of carbonyl (C=O) groups is 1. The number of benzene rings is 2. The second-order valence-electron chi connectivity index (χ2n) is 8.12. The molecule has 1 heterocycles. The number of aryl methyl sites for hydroxylation is 1. The normalized spacial score (nSPS) is 19.9. The van der Waals surface area contributed by atoms with E-state index >= 15 is 0 Å². The topological polar surface area (TPSA) is 91.4 Å². The number of hydrogen-bond acceptors (Lipinski definition) is 4. The predicted octanol–water partition coefficient (Wildman–Crippen LogP) is 4.97. The first-order valence-electron chi connectivity index (χ1n) is 9.99. The van der Waals surface area contributed by atoms with Crippen LogP contribution in [-0.2, 0) is 0 Å². The minimum atomic E-state index is -1.88. The predicted molar refractivity (Wildman–Crippen MR) is 125 cm³/mol. The lowest BCUT2D eigenvalue weighted by Gasteiger charge is -2.43. The standard InChI is InChI=1S/C26H24N4O2/c1-6-21(15-19(3)16-27)26(32)25(4,5)29(22-13-9-20(17-28)10-14-22)24(31)30(26)23-11-7-18(2)8-12-23/h6-15,32H,1,3H2,2,4-5H3/b21-15+. The van der Waals surface area contributed by atoms with E-state index in [0.29, 0.717) is 16.9 Å². The van der Waals surface area contributed by atoms with E-state index in [0.717, 1.165) is 5.56 Å². The van der Waals surface area contributed by atoms with Gasteiger partial charge in [-0.1, -0.05) is 36.9 Å². The van der Waals surface area contributed by atoms with Crippen LogP contribution in [0.3, 0.4) is 0 Å². The molecule has 1 N–H and O–H groups in total. The zero-order chi connectivity index (χ0) is 23.7. The average Bonchev–Trinajstić information content (AvgIpc) is 2.94. The van der Waals surface area contributed by atoms with Crippen LogP contribution >= 0.6 is 0 Å². The number of hydrogen-bond donors (Lipinski definition) is 1. The Kier molecular flexibility index (Phi) is 5.77. The van der Waals surface area contributed by atoms with Crippen molar-refractivity contribution >= 4 is 17.4 Å². The number of carbonyl (C=O) groups excluding carboxylic acids is 1. The first-order valence-corrected chi connectivity index (χ1v) is 9.99. The van der Waals surface area contributed by atoms with Crippen LogP contribution in [0.15, 0.2) is 85.0 Å². The Morgan fingerprint density at radius 2 is 1.56 bits per heavy atom. The number of anilines is 2. The van der Waals surface area contributed by atoms with Gasteiger partial charge in [0.15, 0.2) is 5.72 Å². The molecule has 6 nitrogen and oxygen atoms in total. The third kappa shape index (κ3) is 3.37. The van der Waals surface area contributed by atoms with Crippen LogP contribution in [0.25, 0.3) is 0 Å². The Bertz CT molecular complexity index is 1190. The van der Waals surface area contributed by atoms with Gasteiger partial charge in [-0.3, -0.25) is 9.80 Å². The first-order chi connectivity index (χ1) is 15.1. The number of nitrogens with zero attached hydrogens (tertiary/aromatic N) is 4. The van der Waals surface area contributed by atoms with Crippen LogP contribution in [-0.4, -0.2) is 22.4 Å². The summed E-state index contributed by atoms with van der Waals surface area (Å²) in [6.45, 7) is 12.9. The van der Waals surface area contributed by atoms with Crippen molar-refractivity contribution in [2.75, 3.05) is 9.80 Å². The summed E-state index contributed by atoms with van der Waals surface area (Å²) in [6, 6.07) is 17.4. The molecule has 1 unspecified atom stereocenters. The number of rotatable bonds is 5. The van der Waals surface area contributed by atoms with Crippen LogP contribution in [0.2, 0.25) is 0 Å². The van der Waals surface area contributed by atoms with Gasteiger partial charge >= 0.3 is 6.03 Å². The Hall–Kier alpha value is -4.13. The molecular formula is C26H24N4O2. The van der Waals surface area contributed by atoms with E-state index in [1.165, 1.54) is 22.0 Å². The molecule has 0 aromatic heterocycles. The van der Waals surface area contributed by atoms with Crippen LogP contribution in [0.1, 0.15) is 25.0 Å². The highest BCUT2D eigenvalue weighted by molar-refractivity contribution is 6.10. The van der Waals surface area contributed by atoms with E-state index in [2.05, 4.69) is 19.2 Å². The molecule has 0 spiro atoms. The molecule has 0 bridgehead atoms. The average molecular weight is 425 g/mol. The van der Waals surface area contributed by atoms with E-state index in [1.54, 1.807) is 50.2 Å². The fourth-order valence-corrected chi connectivity index (χ4v) is 4.02. The second-order valence-corrected chi connectivity index (χ2v) is 8.12. The zero-order valence-corrected chi connectivity index (χ0v) is 18.3. The molecule has 1 aliphatic rings. The van der Waals surface area contributed by atoms with Crippen molar-refractivity contribution in [3.05, 3.63) is 96.1 Å². The fraction of sp³-hybridized carbons (Fsp3) is 0.192. The van der Waals surface area contributed by atoms with Crippen molar-refractivity contribution in [2.45, 2.75) is 32.0 Å². The Morgan fingerprint density at radius 1 is 1.03 bits per heavy atom. The van der Waals surface area contributed by atoms with Crippen LogP contribution in [0.5, 0.6) is 0 Å². The maximum Gasteiger partial charge on any atom is 0.332 e. The Balaban J connectivity index is 2.30. The van der Waals surface area contributed by atoms with Gasteiger partial charge < -0.3 is 5.11 Å². The molecule has 2 aromatic rings. The summed E-state index contributed by atoms with van der Waals surface area (Å²) in [5.74, 6) is 0. The van der Waals surface area contributed by atoms with Crippen LogP contribution < -0.4 is 9.80 Å². The van der Waals surface area contributed by atoms with Gasteiger partial charge in [0.2, 0.25) is 0 Å². The molecule has 1 atom stereocenters. The summed E-state index contributed by atoms with van der Waals surface area (Å²) in [5, 5.41) is 30.6. The summed E-state index contributed by atoms with van der Waals surface area (Å²) in [6.07, 6.45) is 2.87. The number of nitriles is 2. The minimum Gasteiger partial charge on any atom is -0.365 e. The summed E-state index contributed by atoms with van der Waals surface area (Å²) in [4.78, 5) is 16.6. The molecule has 32 heavy (non-hydrogen) atoms. The zero-order valence-electron chi connectivity index (χ0n) is 18.3. The lowest BCUT2D eigenvalue weighted by Crippen LogP contribution is -2.59. The van der Waals surface area contributed by atoms with E-state index in [4.69, 9.17) is 5.26 Å².